The summed E-state index contributed by atoms with van der Waals surface area (Å²) in [6.45, 7) is 15.8. The largest absolute Gasteiger partial charge is 0.367 e. The Morgan fingerprint density at radius 3 is 2.39 bits per heavy atom. The fourth-order valence-corrected chi connectivity index (χ4v) is 4.80. The van der Waals surface area contributed by atoms with Gasteiger partial charge in [0.1, 0.15) is 11.6 Å². The van der Waals surface area contributed by atoms with Crippen LogP contribution in [0.15, 0.2) is 54.7 Å². The summed E-state index contributed by atoms with van der Waals surface area (Å²) in [6.07, 6.45) is 3.99. The molecule has 0 atom stereocenters. The predicted molar refractivity (Wildman–Crippen MR) is 148 cm³/mol. The number of benzene rings is 2. The van der Waals surface area contributed by atoms with Crippen molar-refractivity contribution in [2.75, 3.05) is 31.1 Å². The number of fused-ring (bicyclic) bond motifs is 1. The van der Waals surface area contributed by atoms with E-state index in [1.807, 2.05) is 12.3 Å². The molecule has 0 amide bonds. The van der Waals surface area contributed by atoms with E-state index < -0.39 is 0 Å². The van der Waals surface area contributed by atoms with Gasteiger partial charge in [-0.25, -0.2) is 15.0 Å². The lowest BCUT2D eigenvalue weighted by Gasteiger charge is -2.36. The molecule has 2 aromatic heterocycles. The van der Waals surface area contributed by atoms with Gasteiger partial charge >= 0.3 is 0 Å². The van der Waals surface area contributed by atoms with Gasteiger partial charge in [-0.1, -0.05) is 65.0 Å². The molecule has 4 aromatic rings. The fourth-order valence-electron chi connectivity index (χ4n) is 4.80. The number of piperazine rings is 1. The highest BCUT2D eigenvalue weighted by atomic mass is 15.3. The van der Waals surface area contributed by atoms with Crippen LogP contribution in [0.3, 0.4) is 0 Å². The average molecular weight is 482 g/mol. The van der Waals surface area contributed by atoms with Crippen molar-refractivity contribution in [1.82, 2.24) is 24.8 Å². The molecule has 6 nitrogen and oxygen atoms in total. The Morgan fingerprint density at radius 1 is 0.944 bits per heavy atom. The zero-order valence-corrected chi connectivity index (χ0v) is 22.1. The summed E-state index contributed by atoms with van der Waals surface area (Å²) in [6, 6.07) is 17.2. The van der Waals surface area contributed by atoms with Gasteiger partial charge in [0.2, 0.25) is 0 Å². The third-order valence-corrected chi connectivity index (χ3v) is 6.83. The Hall–Kier alpha value is -3.25. The molecule has 0 spiro atoms. The SMILES string of the molecule is CC(C)[CH]c1nccc(CN2CCN(c3cccc4nc(-c5ccc(C(C)(C)C)cc5)[nH]c34)CC2)n1. The number of hydrogen-bond donors (Lipinski definition) is 1. The maximum absolute atomic E-state index is 4.92. The maximum atomic E-state index is 4.92. The molecule has 0 bridgehead atoms. The zero-order valence-electron chi connectivity index (χ0n) is 22.1. The van der Waals surface area contributed by atoms with Crippen molar-refractivity contribution >= 4 is 16.7 Å². The van der Waals surface area contributed by atoms with E-state index in [4.69, 9.17) is 9.97 Å². The first kappa shape index (κ1) is 24.4. The van der Waals surface area contributed by atoms with Crippen LogP contribution in [0.4, 0.5) is 5.69 Å². The van der Waals surface area contributed by atoms with Crippen molar-refractivity contribution in [3.63, 3.8) is 0 Å². The number of aromatic nitrogens is 4. The molecule has 187 valence electrons. The van der Waals surface area contributed by atoms with Gasteiger partial charge in [-0.05, 0) is 35.1 Å². The number of imidazole rings is 1. The van der Waals surface area contributed by atoms with Gasteiger partial charge in [0, 0.05) is 50.9 Å². The molecule has 1 saturated heterocycles. The Bertz CT molecular complexity index is 1310. The van der Waals surface area contributed by atoms with Crippen LogP contribution < -0.4 is 4.90 Å². The van der Waals surface area contributed by atoms with E-state index in [-0.39, 0.29) is 5.41 Å². The highest BCUT2D eigenvalue weighted by Crippen LogP contribution is 2.30. The fraction of sp³-hybridized carbons (Fsp3) is 0.400. The average Bonchev–Trinajstić information content (AvgIpc) is 3.29. The number of anilines is 1. The lowest BCUT2D eigenvalue weighted by molar-refractivity contribution is 0.247. The van der Waals surface area contributed by atoms with Crippen molar-refractivity contribution in [2.45, 2.75) is 46.6 Å². The van der Waals surface area contributed by atoms with Gasteiger partial charge in [0.25, 0.3) is 0 Å². The number of aromatic amines is 1. The lowest BCUT2D eigenvalue weighted by Crippen LogP contribution is -2.46. The van der Waals surface area contributed by atoms with E-state index in [0.29, 0.717) is 5.92 Å². The second kappa shape index (κ2) is 10.0. The van der Waals surface area contributed by atoms with E-state index in [0.717, 1.165) is 66.7 Å². The summed E-state index contributed by atoms with van der Waals surface area (Å²) >= 11 is 0. The number of rotatable bonds is 6. The summed E-state index contributed by atoms with van der Waals surface area (Å²) in [5, 5.41) is 0. The van der Waals surface area contributed by atoms with Crippen LogP contribution in [0, 0.1) is 12.3 Å². The van der Waals surface area contributed by atoms with Crippen molar-refractivity contribution < 1.29 is 0 Å². The second-order valence-electron chi connectivity index (χ2n) is 11.2. The second-order valence-corrected chi connectivity index (χ2v) is 11.2. The summed E-state index contributed by atoms with van der Waals surface area (Å²) in [5.41, 5.74) is 7.04. The smallest absolute Gasteiger partial charge is 0.138 e. The minimum atomic E-state index is 0.143. The standard InChI is InChI=1S/C30H37N6/c1-21(2)19-27-31-14-13-24(32-27)20-35-15-17-36(18-16-35)26-8-6-7-25-28(26)34-29(33-25)22-9-11-23(12-10-22)30(3,4)5/h6-14,19,21H,15-18,20H2,1-5H3,(H,33,34). The molecule has 5 rings (SSSR count). The molecule has 36 heavy (non-hydrogen) atoms. The van der Waals surface area contributed by atoms with Crippen molar-refractivity contribution in [2.24, 2.45) is 5.92 Å². The summed E-state index contributed by atoms with van der Waals surface area (Å²) in [5.74, 6) is 2.20. The van der Waals surface area contributed by atoms with E-state index in [2.05, 4.69) is 103 Å². The Morgan fingerprint density at radius 2 is 1.69 bits per heavy atom. The van der Waals surface area contributed by atoms with E-state index in [1.54, 1.807) is 0 Å². The third kappa shape index (κ3) is 5.44. The van der Waals surface area contributed by atoms with Crippen LogP contribution in [-0.2, 0) is 12.0 Å². The molecule has 1 N–H and O–H groups in total. The van der Waals surface area contributed by atoms with Crippen LogP contribution in [0.5, 0.6) is 0 Å². The normalized spacial score (nSPS) is 15.2. The summed E-state index contributed by atoms with van der Waals surface area (Å²) in [7, 11) is 0. The van der Waals surface area contributed by atoms with Crippen molar-refractivity contribution in [1.29, 1.82) is 0 Å². The maximum Gasteiger partial charge on any atom is 0.138 e. The van der Waals surface area contributed by atoms with E-state index in [1.165, 1.54) is 11.3 Å². The number of hydrogen-bond acceptors (Lipinski definition) is 5. The molecule has 0 unspecified atom stereocenters. The summed E-state index contributed by atoms with van der Waals surface area (Å²) in [4.78, 5) is 22.6. The third-order valence-electron chi connectivity index (χ3n) is 6.83. The predicted octanol–water partition coefficient (Wildman–Crippen LogP) is 5.85. The minimum absolute atomic E-state index is 0.143. The van der Waals surface area contributed by atoms with Gasteiger partial charge in [-0.15, -0.1) is 0 Å². The topological polar surface area (TPSA) is 60.9 Å². The lowest BCUT2D eigenvalue weighted by atomic mass is 9.87. The quantitative estimate of drug-likeness (QED) is 0.374. The van der Waals surface area contributed by atoms with Crippen molar-refractivity contribution in [3.8, 4) is 11.4 Å². The molecule has 3 heterocycles. The molecule has 1 fully saturated rings. The van der Waals surface area contributed by atoms with Gasteiger partial charge in [-0.3, -0.25) is 4.90 Å². The highest BCUT2D eigenvalue weighted by molar-refractivity contribution is 5.91. The van der Waals surface area contributed by atoms with Crippen LogP contribution in [-0.4, -0.2) is 51.0 Å². The Labute approximate surface area is 214 Å². The first-order valence-corrected chi connectivity index (χ1v) is 13.0. The molecular weight excluding hydrogens is 444 g/mol. The molecule has 0 saturated carbocycles. The van der Waals surface area contributed by atoms with E-state index in [9.17, 15) is 0 Å². The molecule has 1 aliphatic heterocycles. The number of nitrogens with one attached hydrogen (secondary N) is 1. The van der Waals surface area contributed by atoms with Crippen LogP contribution in [0.25, 0.3) is 22.4 Å². The van der Waals surface area contributed by atoms with Gasteiger partial charge in [-0.2, -0.15) is 0 Å². The number of nitrogens with zero attached hydrogens (tertiary/aromatic N) is 5. The van der Waals surface area contributed by atoms with Crippen LogP contribution in [0.2, 0.25) is 0 Å². The molecule has 6 heteroatoms. The Balaban J connectivity index is 1.28. The molecule has 1 radical (unpaired) electrons. The van der Waals surface area contributed by atoms with Gasteiger partial charge in [0.05, 0.1) is 22.4 Å². The first-order chi connectivity index (χ1) is 17.3. The molecule has 2 aromatic carbocycles. The monoisotopic (exact) mass is 481 g/mol. The molecular formula is C30H37N6. The van der Waals surface area contributed by atoms with Gasteiger partial charge in [0.15, 0.2) is 0 Å². The zero-order chi connectivity index (χ0) is 25.3. The number of para-hydroxylation sites is 1. The molecule has 0 aliphatic carbocycles. The Kier molecular flexibility index (Phi) is 6.80. The van der Waals surface area contributed by atoms with Crippen molar-refractivity contribution in [3.05, 3.63) is 78.2 Å². The summed E-state index contributed by atoms with van der Waals surface area (Å²) < 4.78 is 0. The molecule has 1 aliphatic rings. The minimum Gasteiger partial charge on any atom is -0.367 e. The first-order valence-electron chi connectivity index (χ1n) is 13.0. The number of H-pyrrole nitrogens is 1. The highest BCUT2D eigenvalue weighted by Gasteiger charge is 2.21. The van der Waals surface area contributed by atoms with E-state index >= 15 is 0 Å². The van der Waals surface area contributed by atoms with Crippen LogP contribution in [0.1, 0.15) is 51.7 Å². The van der Waals surface area contributed by atoms with Crippen LogP contribution >= 0.6 is 0 Å². The van der Waals surface area contributed by atoms with Gasteiger partial charge < -0.3 is 9.88 Å².